The van der Waals surface area contributed by atoms with E-state index in [0.29, 0.717) is 12.5 Å². The van der Waals surface area contributed by atoms with Gasteiger partial charge in [0.15, 0.2) is 0 Å². The molecule has 29 heavy (non-hydrogen) atoms. The minimum Gasteiger partial charge on any atom is -0.467 e. The van der Waals surface area contributed by atoms with Crippen LogP contribution in [0.3, 0.4) is 0 Å². The van der Waals surface area contributed by atoms with E-state index in [0.717, 1.165) is 31.4 Å². The third-order valence-corrected chi connectivity index (χ3v) is 5.66. The molecule has 0 saturated carbocycles. The number of carbonyl (C=O) groups excluding carboxylic acids is 2. The maximum atomic E-state index is 13.2. The number of hydrogen-bond acceptors (Lipinski definition) is 4. The molecule has 1 aliphatic rings. The van der Waals surface area contributed by atoms with Crippen LogP contribution in [-0.2, 0) is 27.3 Å². The lowest BCUT2D eigenvalue weighted by molar-refractivity contribution is -0.146. The largest absolute Gasteiger partial charge is 0.467 e. The first-order valence-electron chi connectivity index (χ1n) is 10.3. The average molecular weight is 395 g/mol. The number of nitrogens with zero attached hydrogens (tertiary/aromatic N) is 1. The minimum atomic E-state index is -0.689. The summed E-state index contributed by atoms with van der Waals surface area (Å²) in [6.07, 6.45) is 3.29. The van der Waals surface area contributed by atoms with Crippen LogP contribution in [-0.4, -0.2) is 42.0 Å². The van der Waals surface area contributed by atoms with E-state index in [1.54, 1.807) is 0 Å². The van der Waals surface area contributed by atoms with Crippen LogP contribution in [0.1, 0.15) is 37.3 Å². The molecular formula is C24H30N2O3. The van der Waals surface area contributed by atoms with Gasteiger partial charge in [-0.2, -0.15) is 0 Å². The van der Waals surface area contributed by atoms with E-state index in [1.165, 1.54) is 12.7 Å². The number of amides is 1. The van der Waals surface area contributed by atoms with Crippen LogP contribution in [0.25, 0.3) is 0 Å². The Hall–Kier alpha value is -2.66. The number of nitrogens with one attached hydrogen (secondary N) is 1. The Kier molecular flexibility index (Phi) is 7.42. The lowest BCUT2D eigenvalue weighted by atomic mass is 9.94. The van der Waals surface area contributed by atoms with Crippen LogP contribution in [0.4, 0.5) is 0 Å². The maximum Gasteiger partial charge on any atom is 0.328 e. The van der Waals surface area contributed by atoms with Crippen molar-refractivity contribution in [2.24, 2.45) is 0 Å². The summed E-state index contributed by atoms with van der Waals surface area (Å²) in [6, 6.07) is 19.3. The highest BCUT2D eigenvalue weighted by molar-refractivity contribution is 5.87. The molecule has 3 atom stereocenters. The highest BCUT2D eigenvalue weighted by atomic mass is 16.5. The van der Waals surface area contributed by atoms with Gasteiger partial charge in [0.1, 0.15) is 6.04 Å². The summed E-state index contributed by atoms with van der Waals surface area (Å²) in [5.41, 5.74) is 2.18. The molecule has 1 amide bonds. The predicted octanol–water partition coefficient (Wildman–Crippen LogP) is 3.33. The number of benzene rings is 2. The fourth-order valence-electron chi connectivity index (χ4n) is 4.04. The van der Waals surface area contributed by atoms with Crippen molar-refractivity contribution in [1.29, 1.82) is 0 Å². The molecule has 0 aromatic heterocycles. The van der Waals surface area contributed by atoms with Gasteiger partial charge in [0, 0.05) is 19.0 Å². The molecule has 0 spiro atoms. The smallest absolute Gasteiger partial charge is 0.328 e. The van der Waals surface area contributed by atoms with Crippen LogP contribution in [0.15, 0.2) is 60.7 Å². The summed E-state index contributed by atoms with van der Waals surface area (Å²) < 4.78 is 4.95. The summed E-state index contributed by atoms with van der Waals surface area (Å²) in [7, 11) is 1.36. The maximum absolute atomic E-state index is 13.2. The second-order valence-electron chi connectivity index (χ2n) is 7.73. The molecule has 5 nitrogen and oxygen atoms in total. The van der Waals surface area contributed by atoms with Crippen molar-refractivity contribution in [1.82, 2.24) is 10.2 Å². The lowest BCUT2D eigenvalue weighted by Crippen LogP contribution is -2.55. The molecule has 1 fully saturated rings. The Labute approximate surface area is 173 Å². The van der Waals surface area contributed by atoms with E-state index >= 15 is 0 Å². The molecule has 5 heteroatoms. The van der Waals surface area contributed by atoms with E-state index in [1.807, 2.05) is 48.5 Å². The topological polar surface area (TPSA) is 58.6 Å². The van der Waals surface area contributed by atoms with Gasteiger partial charge >= 0.3 is 5.97 Å². The zero-order valence-electron chi connectivity index (χ0n) is 17.2. The van der Waals surface area contributed by atoms with Gasteiger partial charge in [-0.05, 0) is 37.3 Å². The SMILES string of the molecule is COC(=O)[C@@H](Cc1ccccc1)NC(=O)[C@@H]1CCC[C@H](C)N1Cc1ccccc1. The zero-order chi connectivity index (χ0) is 20.6. The van der Waals surface area contributed by atoms with Crippen molar-refractivity contribution in [3.05, 3.63) is 71.8 Å². The van der Waals surface area contributed by atoms with E-state index in [2.05, 4.69) is 29.3 Å². The van der Waals surface area contributed by atoms with Gasteiger partial charge in [-0.1, -0.05) is 60.7 Å². The lowest BCUT2D eigenvalue weighted by Gasteiger charge is -2.40. The number of esters is 1. The molecule has 1 N–H and O–H groups in total. The molecule has 0 unspecified atom stereocenters. The molecule has 3 rings (SSSR count). The van der Waals surface area contributed by atoms with Gasteiger partial charge in [-0.25, -0.2) is 4.79 Å². The number of rotatable bonds is 7. The second kappa shape index (κ2) is 10.2. The first-order valence-corrected chi connectivity index (χ1v) is 10.3. The highest BCUT2D eigenvalue weighted by Gasteiger charge is 2.35. The molecular weight excluding hydrogens is 364 g/mol. The number of carbonyl (C=O) groups is 2. The van der Waals surface area contributed by atoms with E-state index in [4.69, 9.17) is 4.74 Å². The summed E-state index contributed by atoms with van der Waals surface area (Å²) in [4.78, 5) is 27.8. The van der Waals surface area contributed by atoms with Gasteiger partial charge < -0.3 is 10.1 Å². The first kappa shape index (κ1) is 21.1. The molecule has 1 heterocycles. The van der Waals surface area contributed by atoms with Crippen molar-refractivity contribution in [3.63, 3.8) is 0 Å². The van der Waals surface area contributed by atoms with Crippen molar-refractivity contribution >= 4 is 11.9 Å². The molecule has 0 aliphatic carbocycles. The standard InChI is InChI=1S/C24H30N2O3/c1-18-10-9-15-22(26(18)17-20-13-7-4-8-14-20)23(27)25-21(24(28)29-2)16-19-11-5-3-6-12-19/h3-8,11-14,18,21-22H,9-10,15-17H2,1-2H3,(H,25,27)/t18-,21+,22-/m0/s1. The Morgan fingerprint density at radius 1 is 1.03 bits per heavy atom. The van der Waals surface area contributed by atoms with Gasteiger partial charge in [0.05, 0.1) is 13.2 Å². The molecule has 0 radical (unpaired) electrons. The van der Waals surface area contributed by atoms with Crippen molar-refractivity contribution in [2.45, 2.75) is 57.3 Å². The number of hydrogen-bond donors (Lipinski definition) is 1. The summed E-state index contributed by atoms with van der Waals surface area (Å²) in [5.74, 6) is -0.514. The molecule has 1 aliphatic heterocycles. The van der Waals surface area contributed by atoms with E-state index < -0.39 is 12.0 Å². The van der Waals surface area contributed by atoms with Crippen molar-refractivity contribution in [2.75, 3.05) is 7.11 Å². The molecule has 0 bridgehead atoms. The van der Waals surface area contributed by atoms with Gasteiger partial charge in [0.2, 0.25) is 5.91 Å². The van der Waals surface area contributed by atoms with Gasteiger partial charge in [-0.3, -0.25) is 9.69 Å². The molecule has 154 valence electrons. The number of methoxy groups -OCH3 is 1. The van der Waals surface area contributed by atoms with E-state index in [-0.39, 0.29) is 11.9 Å². The monoisotopic (exact) mass is 394 g/mol. The fourth-order valence-corrected chi connectivity index (χ4v) is 4.04. The molecule has 1 saturated heterocycles. The zero-order valence-corrected chi connectivity index (χ0v) is 17.2. The summed E-state index contributed by atoms with van der Waals surface area (Å²) in [5, 5.41) is 2.97. The Balaban J connectivity index is 1.73. The number of likely N-dealkylation sites (tertiary alicyclic amines) is 1. The quantitative estimate of drug-likeness (QED) is 0.732. The van der Waals surface area contributed by atoms with Crippen LogP contribution in [0.2, 0.25) is 0 Å². The van der Waals surface area contributed by atoms with E-state index in [9.17, 15) is 9.59 Å². The predicted molar refractivity (Wildman–Crippen MR) is 113 cm³/mol. The van der Waals surface area contributed by atoms with Crippen molar-refractivity contribution < 1.29 is 14.3 Å². The minimum absolute atomic E-state index is 0.0983. The summed E-state index contributed by atoms with van der Waals surface area (Å²) >= 11 is 0. The Morgan fingerprint density at radius 2 is 1.66 bits per heavy atom. The molecule has 2 aromatic rings. The normalized spacial score (nSPS) is 20.6. The third kappa shape index (κ3) is 5.67. The molecule has 2 aromatic carbocycles. The summed E-state index contributed by atoms with van der Waals surface area (Å²) in [6.45, 7) is 2.89. The van der Waals surface area contributed by atoms with Crippen LogP contribution < -0.4 is 5.32 Å². The van der Waals surface area contributed by atoms with Crippen LogP contribution in [0.5, 0.6) is 0 Å². The first-order chi connectivity index (χ1) is 14.1. The van der Waals surface area contributed by atoms with Gasteiger partial charge in [0.25, 0.3) is 0 Å². The van der Waals surface area contributed by atoms with Crippen LogP contribution in [0, 0.1) is 0 Å². The Morgan fingerprint density at radius 3 is 2.28 bits per heavy atom. The average Bonchev–Trinajstić information content (AvgIpc) is 2.75. The van der Waals surface area contributed by atoms with Gasteiger partial charge in [-0.15, -0.1) is 0 Å². The van der Waals surface area contributed by atoms with Crippen molar-refractivity contribution in [3.8, 4) is 0 Å². The van der Waals surface area contributed by atoms with Crippen LogP contribution >= 0.6 is 0 Å². The second-order valence-corrected chi connectivity index (χ2v) is 7.73. The Bertz CT molecular complexity index is 794. The fraction of sp³-hybridized carbons (Fsp3) is 0.417. The number of piperidine rings is 1. The highest BCUT2D eigenvalue weighted by Crippen LogP contribution is 2.25. The number of ether oxygens (including phenoxy) is 1. The third-order valence-electron chi connectivity index (χ3n) is 5.66.